The van der Waals surface area contributed by atoms with Gasteiger partial charge in [-0.1, -0.05) is 83.7 Å². The number of hydrogen-bond donors (Lipinski definition) is 2. The molecule has 6 aromatic carbocycles. The first-order valence-electron chi connectivity index (χ1n) is 16.2. The van der Waals surface area contributed by atoms with Gasteiger partial charge in [-0.2, -0.15) is 20.5 Å². The minimum Gasteiger partial charge on any atom is -0.871 e. The van der Waals surface area contributed by atoms with Crippen LogP contribution in [0.15, 0.2) is 127 Å². The maximum Gasteiger partial charge on any atom is 3.00 e. The van der Waals surface area contributed by atoms with Gasteiger partial charge >= 0.3 is 18.2 Å². The summed E-state index contributed by atoms with van der Waals surface area (Å²) in [4.78, 5) is 22.8. The van der Waals surface area contributed by atoms with Crippen LogP contribution in [-0.2, 0) is 46.0 Å². The maximum absolute atomic E-state index is 12.4. The molecule has 0 fully saturated rings. The number of benzene rings is 6. The third kappa shape index (κ3) is 10.5. The molecule has 0 heterocycles. The molecule has 0 aromatic heterocycles. The first-order chi connectivity index (χ1) is 26.3. The molecule has 2 amide bonds. The van der Waals surface area contributed by atoms with E-state index in [1.807, 2.05) is 0 Å². The van der Waals surface area contributed by atoms with Gasteiger partial charge in [0.25, 0.3) is 0 Å². The number of amides is 2. The van der Waals surface area contributed by atoms with Gasteiger partial charge in [-0.3, -0.25) is 9.59 Å². The molecule has 0 saturated carbocycles. The van der Waals surface area contributed by atoms with E-state index in [9.17, 15) is 46.9 Å². The molecule has 6 aromatic rings. The fraction of sp³-hybridized carbons (Fsp3) is 0.105. The van der Waals surface area contributed by atoms with E-state index in [4.69, 9.17) is 0 Å². The number of sulfone groups is 2. The number of carbonyl (C=O) groups is 2. The zero-order valence-electron chi connectivity index (χ0n) is 31.3. The summed E-state index contributed by atoms with van der Waals surface area (Å²) in [5, 5.41) is 71.5. The zero-order chi connectivity index (χ0) is 40.9. The van der Waals surface area contributed by atoms with Crippen molar-refractivity contribution in [3.63, 3.8) is 0 Å². The molecule has 0 radical (unpaired) electrons. The summed E-state index contributed by atoms with van der Waals surface area (Å²) >= 11 is 0. The van der Waals surface area contributed by atoms with Crippen molar-refractivity contribution in [3.8, 4) is 23.0 Å². The Labute approximate surface area is 338 Å². The van der Waals surface area contributed by atoms with Gasteiger partial charge in [0, 0.05) is 37.1 Å². The van der Waals surface area contributed by atoms with E-state index in [1.165, 1.54) is 38.1 Å². The van der Waals surface area contributed by atoms with E-state index < -0.39 is 42.7 Å². The van der Waals surface area contributed by atoms with Crippen LogP contribution >= 0.6 is 0 Å². The third-order valence-corrected chi connectivity index (χ3v) is 10.0. The standard InChI is InChI=1S/2C19H17N3O5S.Co/c2*1-11(23)20-14-5-3-4-12-6-8-17(25)19(18(12)14)22-21-15-10-13(28(2,26)27)7-9-16(15)24;/h2*3-10,24-25H,1-2H3,(H,20,23);/q;;+3/p-3. The van der Waals surface area contributed by atoms with Crippen molar-refractivity contribution in [2.24, 2.45) is 20.5 Å². The van der Waals surface area contributed by atoms with Crippen LogP contribution in [0.4, 0.5) is 34.1 Å². The largest absolute Gasteiger partial charge is 3.00 e. The summed E-state index contributed by atoms with van der Waals surface area (Å²) in [6.07, 6.45) is 2.02. The Balaban J connectivity index is 0.000000300. The molecule has 0 aliphatic carbocycles. The summed E-state index contributed by atoms with van der Waals surface area (Å²) in [5.74, 6) is -2.64. The topological polar surface area (TPSA) is 268 Å². The first-order valence-corrected chi connectivity index (χ1v) is 20.0. The predicted molar refractivity (Wildman–Crippen MR) is 203 cm³/mol. The summed E-state index contributed by atoms with van der Waals surface area (Å²) in [6.45, 7) is 2.67. The van der Waals surface area contributed by atoms with E-state index in [2.05, 4.69) is 31.1 Å². The Morgan fingerprint density at radius 2 is 0.877 bits per heavy atom. The zero-order valence-corrected chi connectivity index (χ0v) is 32.9. The third-order valence-electron chi connectivity index (χ3n) is 7.82. The Hall–Kier alpha value is -6.41. The van der Waals surface area contributed by atoms with E-state index in [0.29, 0.717) is 32.9 Å². The predicted octanol–water partition coefficient (Wildman–Crippen LogP) is 5.64. The second kappa shape index (κ2) is 17.6. The average molecular weight is 855 g/mol. The number of fused-ring (bicyclic) bond motifs is 2. The number of anilines is 2. The quantitative estimate of drug-likeness (QED) is 0.178. The van der Waals surface area contributed by atoms with Crippen LogP contribution in [0.1, 0.15) is 15.3 Å². The molecule has 0 saturated heterocycles. The van der Waals surface area contributed by atoms with Crippen molar-refractivity contribution in [1.29, 1.82) is 0 Å². The smallest absolute Gasteiger partial charge is 0.871 e. The minimum atomic E-state index is -3.54. The number of nitrogens with zero attached hydrogens (tertiary/aromatic N) is 4. The Morgan fingerprint density at radius 3 is 1.21 bits per heavy atom. The molecule has 0 unspecified atom stereocenters. The van der Waals surface area contributed by atoms with Gasteiger partial charge < -0.3 is 31.1 Å². The molecule has 0 spiro atoms. The molecule has 16 nitrogen and oxygen atoms in total. The van der Waals surface area contributed by atoms with Crippen LogP contribution in [0.3, 0.4) is 0 Å². The van der Waals surface area contributed by atoms with E-state index in [1.54, 1.807) is 48.5 Å². The molecule has 2 N–H and O–H groups in total. The second-order valence-corrected chi connectivity index (χ2v) is 16.2. The molecule has 0 aliphatic rings. The van der Waals surface area contributed by atoms with Crippen LogP contribution in [0.5, 0.6) is 23.0 Å². The van der Waals surface area contributed by atoms with E-state index in [0.717, 1.165) is 36.8 Å². The van der Waals surface area contributed by atoms with Crippen LogP contribution in [0.25, 0.3) is 21.5 Å². The van der Waals surface area contributed by atoms with Crippen LogP contribution in [-0.4, -0.2) is 41.2 Å². The van der Waals surface area contributed by atoms with Crippen molar-refractivity contribution >= 4 is 87.2 Å². The van der Waals surface area contributed by atoms with Gasteiger partial charge in [0.2, 0.25) is 11.8 Å². The number of carbonyl (C=O) groups excluding carboxylic acids is 2. The van der Waals surface area contributed by atoms with Crippen LogP contribution < -0.4 is 31.1 Å². The molecule has 0 aliphatic heterocycles. The molecule has 0 bridgehead atoms. The van der Waals surface area contributed by atoms with Crippen LogP contribution in [0, 0.1) is 0 Å². The van der Waals surface area contributed by atoms with Gasteiger partial charge in [-0.25, -0.2) is 16.8 Å². The Morgan fingerprint density at radius 1 is 0.526 bits per heavy atom. The van der Waals surface area contributed by atoms with E-state index >= 15 is 0 Å². The van der Waals surface area contributed by atoms with Crippen molar-refractivity contribution in [1.82, 2.24) is 0 Å². The van der Waals surface area contributed by atoms with Crippen molar-refractivity contribution in [2.45, 2.75) is 23.6 Å². The summed E-state index contributed by atoms with van der Waals surface area (Å²) in [5.41, 5.74) is 0.206. The molecule has 294 valence electrons. The SMILES string of the molecule is CC(=O)Nc1cccc2ccc([O-])c(N=Nc3cc(S(C)(=O)=O)ccc3[O-])c12.CC(=O)Nc1cccc2ccc([O-])c(N=Nc3cc(S(C)(=O)=O)ccc3[O-])c12.[Co+3].[H+]. The fourth-order valence-corrected chi connectivity index (χ4v) is 6.57. The maximum atomic E-state index is 12.4. The number of hydrogen-bond acceptors (Lipinski definition) is 14. The number of azo groups is 2. The summed E-state index contributed by atoms with van der Waals surface area (Å²) in [6, 6.07) is 22.6. The minimum absolute atomic E-state index is 0. The summed E-state index contributed by atoms with van der Waals surface area (Å²) in [7, 11) is -7.08. The molecule has 6 rings (SSSR count). The number of nitrogens with one attached hydrogen (secondary N) is 2. The van der Waals surface area contributed by atoms with Gasteiger partial charge in [0.1, 0.15) is 0 Å². The Kier molecular flexibility index (Phi) is 13.4. The first kappa shape index (κ1) is 43.3. The van der Waals surface area contributed by atoms with Crippen LogP contribution in [0.2, 0.25) is 0 Å². The molecule has 0 atom stereocenters. The molecule has 57 heavy (non-hydrogen) atoms. The molecule has 19 heteroatoms. The van der Waals surface area contributed by atoms with Crippen molar-refractivity contribution in [3.05, 3.63) is 97.1 Å². The monoisotopic (exact) mass is 854 g/mol. The second-order valence-electron chi connectivity index (χ2n) is 12.2. The molecular formula is C38H31CoN6O10S2. The average Bonchev–Trinajstić information content (AvgIpc) is 3.11. The van der Waals surface area contributed by atoms with E-state index in [-0.39, 0.29) is 62.6 Å². The normalized spacial score (nSPS) is 11.6. The fourth-order valence-electron chi connectivity index (χ4n) is 5.29. The summed E-state index contributed by atoms with van der Waals surface area (Å²) < 4.78 is 46.7. The van der Waals surface area contributed by atoms with Crippen molar-refractivity contribution < 1.29 is 65.1 Å². The van der Waals surface area contributed by atoms with Crippen molar-refractivity contribution in [2.75, 3.05) is 23.1 Å². The van der Waals surface area contributed by atoms with Gasteiger partial charge in [-0.15, -0.1) is 0 Å². The van der Waals surface area contributed by atoms with Gasteiger partial charge in [0.15, 0.2) is 19.7 Å². The number of rotatable bonds is 8. The van der Waals surface area contributed by atoms with Gasteiger partial charge in [0.05, 0.1) is 43.9 Å². The molecular weight excluding hydrogens is 824 g/mol. The van der Waals surface area contributed by atoms with Gasteiger partial charge in [-0.05, 0) is 47.2 Å². The Bertz CT molecular complexity index is 2650.